The highest BCUT2D eigenvalue weighted by molar-refractivity contribution is 8.13. The molecule has 0 aliphatic rings. The summed E-state index contributed by atoms with van der Waals surface area (Å²) in [6.45, 7) is 0. The molecule has 0 atom stereocenters. The smallest absolute Gasteiger partial charge is 0.423 e. The average molecular weight is 330 g/mol. The van der Waals surface area contributed by atoms with Gasteiger partial charge >= 0.3 is 16.9 Å². The van der Waals surface area contributed by atoms with Gasteiger partial charge in [0.1, 0.15) is 0 Å². The monoisotopic (exact) mass is 330 g/mol. The molecule has 0 aromatic heterocycles. The fourth-order valence-corrected chi connectivity index (χ4v) is 2.40. The topological polar surface area (TPSA) is 82.4 Å². The van der Waals surface area contributed by atoms with Gasteiger partial charge in [0.2, 0.25) is 0 Å². The first-order valence-corrected chi connectivity index (χ1v) is 6.08. The Balaban J connectivity index is 5.64. The van der Waals surface area contributed by atoms with Crippen molar-refractivity contribution in [1.82, 2.24) is 0 Å². The first kappa shape index (κ1) is 17.3. The zero-order chi connectivity index (χ0) is 15.2. The molecule has 0 aliphatic carbocycles. The van der Waals surface area contributed by atoms with Gasteiger partial charge in [-0.15, -0.1) is 0 Å². The van der Waals surface area contributed by atoms with Gasteiger partial charge in [-0.25, -0.2) is 16.8 Å². The number of halogens is 8. The van der Waals surface area contributed by atoms with E-state index in [0.717, 1.165) is 0 Å². The lowest BCUT2D eigenvalue weighted by molar-refractivity contribution is -0.241. The highest BCUT2D eigenvalue weighted by atomic mass is 32.3. The lowest BCUT2D eigenvalue weighted by atomic mass is 10.7. The fourth-order valence-electron chi connectivity index (χ4n) is 0.364. The van der Waals surface area contributed by atoms with E-state index in [-0.39, 0.29) is 0 Å². The molecular formula is C3F8NO4S2-. The molecule has 5 nitrogen and oxygen atoms in total. The van der Waals surface area contributed by atoms with Crippen LogP contribution in [0.2, 0.25) is 0 Å². The van der Waals surface area contributed by atoms with Crippen molar-refractivity contribution in [1.29, 1.82) is 0 Å². The summed E-state index contributed by atoms with van der Waals surface area (Å²) >= 11 is 0. The van der Waals surface area contributed by atoms with Crippen LogP contribution in [0, 0.1) is 0 Å². The number of hydrogen-bond donors (Lipinski definition) is 0. The van der Waals surface area contributed by atoms with Gasteiger partial charge in [0.15, 0.2) is 20.0 Å². The van der Waals surface area contributed by atoms with Crippen molar-refractivity contribution in [3.05, 3.63) is 4.13 Å². The van der Waals surface area contributed by atoms with Crippen LogP contribution in [0.4, 0.5) is 35.1 Å². The molecule has 0 radical (unpaired) electrons. The Morgan fingerprint density at radius 2 is 1.00 bits per heavy atom. The number of hydrogen-bond acceptors (Lipinski definition) is 4. The number of rotatable bonds is 3. The molecule has 110 valence electrons. The number of sulfonamides is 2. The van der Waals surface area contributed by atoms with E-state index in [1.807, 2.05) is 0 Å². The standard InChI is InChI=1S/C3F8NO4S2/c4-1(5,6)2(7,8)17(13,14)12-18(15,16)3(9,10)11/q-1. The molecule has 15 heteroatoms. The van der Waals surface area contributed by atoms with Crippen LogP contribution in [-0.2, 0) is 20.0 Å². The van der Waals surface area contributed by atoms with E-state index < -0.39 is 37.0 Å². The first-order valence-electron chi connectivity index (χ1n) is 3.20. The third-order valence-electron chi connectivity index (χ3n) is 1.14. The Labute approximate surface area is 93.9 Å². The third-order valence-corrected chi connectivity index (χ3v) is 4.18. The maximum Gasteiger partial charge on any atom is 0.480 e. The van der Waals surface area contributed by atoms with E-state index in [9.17, 15) is 52.0 Å². The second-order valence-electron chi connectivity index (χ2n) is 2.48. The molecule has 0 unspecified atom stereocenters. The normalized spacial score (nSPS) is 15.8. The van der Waals surface area contributed by atoms with E-state index in [1.165, 1.54) is 0 Å². The van der Waals surface area contributed by atoms with Crippen LogP contribution in [0.1, 0.15) is 0 Å². The maximum atomic E-state index is 12.2. The zero-order valence-electron chi connectivity index (χ0n) is 7.42. The van der Waals surface area contributed by atoms with Crippen LogP contribution in [0.3, 0.4) is 0 Å². The minimum absolute atomic E-state index is 0.600. The largest absolute Gasteiger partial charge is 0.480 e. The van der Waals surface area contributed by atoms with Crippen molar-refractivity contribution in [3.63, 3.8) is 0 Å². The van der Waals surface area contributed by atoms with Gasteiger partial charge in [-0.05, 0) is 0 Å². The van der Waals surface area contributed by atoms with Crippen LogP contribution in [0.25, 0.3) is 4.13 Å². The first-order chi connectivity index (χ1) is 7.46. The molecule has 0 aromatic carbocycles. The van der Waals surface area contributed by atoms with Crippen molar-refractivity contribution in [2.45, 2.75) is 16.9 Å². The molecule has 0 saturated carbocycles. The van der Waals surface area contributed by atoms with Crippen molar-refractivity contribution in [2.24, 2.45) is 0 Å². The molecule has 0 heterocycles. The van der Waals surface area contributed by atoms with Crippen molar-refractivity contribution in [3.8, 4) is 0 Å². The molecule has 0 N–H and O–H groups in total. The predicted molar refractivity (Wildman–Crippen MR) is 38.3 cm³/mol. The molecule has 0 fully saturated rings. The summed E-state index contributed by atoms with van der Waals surface area (Å²) in [5.74, 6) is 0. The minimum Gasteiger partial charge on any atom is -0.423 e. The van der Waals surface area contributed by atoms with Crippen molar-refractivity contribution < 1.29 is 52.0 Å². The zero-order valence-corrected chi connectivity index (χ0v) is 9.05. The van der Waals surface area contributed by atoms with Crippen LogP contribution in [0.15, 0.2) is 0 Å². The lowest BCUT2D eigenvalue weighted by Crippen LogP contribution is -2.44. The molecule has 0 aromatic rings. The van der Waals surface area contributed by atoms with Gasteiger partial charge in [0.25, 0.3) is 0 Å². The molecular weight excluding hydrogens is 330 g/mol. The Kier molecular flexibility index (Phi) is 3.99. The summed E-state index contributed by atoms with van der Waals surface area (Å²) in [4.78, 5) is 0. The van der Waals surface area contributed by atoms with E-state index in [2.05, 4.69) is 0 Å². The SMILES string of the molecule is O=S(=O)([N-]S(=O)(=O)C(F)(F)C(F)(F)F)C(F)(F)F. The maximum absolute atomic E-state index is 12.2. The molecule has 18 heavy (non-hydrogen) atoms. The summed E-state index contributed by atoms with van der Waals surface area (Å²) in [5, 5.41) is -6.77. The molecule has 0 aliphatic heterocycles. The van der Waals surface area contributed by atoms with Crippen molar-refractivity contribution >= 4 is 20.0 Å². The highest BCUT2D eigenvalue weighted by Gasteiger charge is 2.64. The van der Waals surface area contributed by atoms with Crippen LogP contribution in [-0.4, -0.2) is 33.8 Å². The second-order valence-corrected chi connectivity index (χ2v) is 5.96. The molecule has 0 amide bonds. The van der Waals surface area contributed by atoms with Gasteiger partial charge < -0.3 is 4.13 Å². The Morgan fingerprint density at radius 3 is 1.22 bits per heavy atom. The van der Waals surface area contributed by atoms with E-state index >= 15 is 0 Å². The van der Waals surface area contributed by atoms with Gasteiger partial charge in [-0.1, -0.05) is 0 Å². The minimum atomic E-state index is -7.30. The van der Waals surface area contributed by atoms with Crippen LogP contribution in [0.5, 0.6) is 0 Å². The molecule has 0 bridgehead atoms. The van der Waals surface area contributed by atoms with Gasteiger partial charge in [0.05, 0.1) is 0 Å². The second kappa shape index (κ2) is 4.16. The third kappa shape index (κ3) is 3.00. The quantitative estimate of drug-likeness (QED) is 0.738. The summed E-state index contributed by atoms with van der Waals surface area (Å²) in [6, 6.07) is 0. The fraction of sp³-hybridized carbons (Fsp3) is 1.00. The summed E-state index contributed by atoms with van der Waals surface area (Å²) in [7, 11) is -14.3. The molecule has 0 saturated heterocycles. The summed E-state index contributed by atoms with van der Waals surface area (Å²) in [6.07, 6.45) is -6.82. The number of nitrogens with zero attached hydrogens (tertiary/aromatic N) is 1. The molecule has 0 spiro atoms. The van der Waals surface area contributed by atoms with E-state index in [1.54, 1.807) is 0 Å². The van der Waals surface area contributed by atoms with Gasteiger partial charge in [-0.3, -0.25) is 0 Å². The predicted octanol–water partition coefficient (Wildman–Crippen LogP) is 1.69. The Bertz CT molecular complexity index is 512. The van der Waals surface area contributed by atoms with Crippen LogP contribution < -0.4 is 0 Å². The number of alkyl halides is 8. The van der Waals surface area contributed by atoms with Crippen molar-refractivity contribution in [2.75, 3.05) is 0 Å². The Morgan fingerprint density at radius 1 is 0.667 bits per heavy atom. The highest BCUT2D eigenvalue weighted by Crippen LogP contribution is 2.44. The van der Waals surface area contributed by atoms with E-state index in [0.29, 0.717) is 4.13 Å². The van der Waals surface area contributed by atoms with E-state index in [4.69, 9.17) is 0 Å². The van der Waals surface area contributed by atoms with Crippen LogP contribution >= 0.6 is 0 Å². The summed E-state index contributed by atoms with van der Waals surface area (Å²) < 4.78 is 135. The lowest BCUT2D eigenvalue weighted by Gasteiger charge is -2.28. The Hall–Kier alpha value is -0.700. The van der Waals surface area contributed by atoms with Gasteiger partial charge in [0, 0.05) is 0 Å². The van der Waals surface area contributed by atoms with Gasteiger partial charge in [-0.2, -0.15) is 35.1 Å². The average Bonchev–Trinajstić information content (AvgIpc) is 1.96. The molecule has 0 rings (SSSR count). The summed E-state index contributed by atoms with van der Waals surface area (Å²) in [5.41, 5.74) is -6.43.